The number of hydrogen-bond donors (Lipinski definition) is 2. The van der Waals surface area contributed by atoms with Gasteiger partial charge in [-0.15, -0.1) is 0 Å². The van der Waals surface area contributed by atoms with Gasteiger partial charge in [-0.3, -0.25) is 4.79 Å². The molecule has 2 N–H and O–H groups in total. The van der Waals surface area contributed by atoms with Crippen molar-refractivity contribution in [2.24, 2.45) is 0 Å². The van der Waals surface area contributed by atoms with Gasteiger partial charge in [0.2, 0.25) is 0 Å². The lowest BCUT2D eigenvalue weighted by Crippen LogP contribution is -2.55. The molecule has 5 nitrogen and oxygen atoms in total. The van der Waals surface area contributed by atoms with Crippen LogP contribution < -0.4 is 5.32 Å². The summed E-state index contributed by atoms with van der Waals surface area (Å²) in [5.74, 6) is 0.128. The fourth-order valence-corrected chi connectivity index (χ4v) is 4.44. The van der Waals surface area contributed by atoms with E-state index < -0.39 is 0 Å². The zero-order valence-electron chi connectivity index (χ0n) is 14.7. The summed E-state index contributed by atoms with van der Waals surface area (Å²) in [7, 11) is 0. The predicted molar refractivity (Wildman–Crippen MR) is 101 cm³/mol. The van der Waals surface area contributed by atoms with Gasteiger partial charge in [0.25, 0.3) is 5.91 Å². The van der Waals surface area contributed by atoms with Crippen LogP contribution in [0.4, 0.5) is 0 Å². The molecule has 5 heteroatoms. The molecule has 5 rings (SSSR count). The number of carbonyl (C=O) groups excluding carboxylic acids is 1. The van der Waals surface area contributed by atoms with Crippen molar-refractivity contribution in [1.82, 2.24) is 20.2 Å². The molecule has 1 amide bonds. The number of carbonyl (C=O) groups is 1. The second-order valence-corrected chi connectivity index (χ2v) is 7.34. The Morgan fingerprint density at radius 1 is 1.08 bits per heavy atom. The van der Waals surface area contributed by atoms with E-state index in [1.54, 1.807) is 6.33 Å². The molecule has 3 heterocycles. The van der Waals surface area contributed by atoms with Crippen LogP contribution in [0.3, 0.4) is 0 Å². The Kier molecular flexibility index (Phi) is 3.57. The van der Waals surface area contributed by atoms with Gasteiger partial charge in [0.1, 0.15) is 0 Å². The highest BCUT2D eigenvalue weighted by Gasteiger charge is 2.42. The Bertz CT molecular complexity index is 969. The van der Waals surface area contributed by atoms with Crippen molar-refractivity contribution < 1.29 is 4.79 Å². The zero-order chi connectivity index (χ0) is 17.6. The largest absolute Gasteiger partial charge is 0.348 e. The van der Waals surface area contributed by atoms with Crippen LogP contribution >= 0.6 is 0 Å². The smallest absolute Gasteiger partial charge is 0.253 e. The van der Waals surface area contributed by atoms with Crippen LogP contribution in [0.5, 0.6) is 0 Å². The first-order valence-corrected chi connectivity index (χ1v) is 9.31. The van der Waals surface area contributed by atoms with E-state index in [0.29, 0.717) is 0 Å². The lowest BCUT2D eigenvalue weighted by atomic mass is 9.80. The summed E-state index contributed by atoms with van der Waals surface area (Å²) >= 11 is 0. The average Bonchev–Trinajstić information content (AvgIpc) is 3.18. The predicted octanol–water partition coefficient (Wildman–Crippen LogP) is 2.84. The summed E-state index contributed by atoms with van der Waals surface area (Å²) < 4.78 is 0. The molecule has 132 valence electrons. The average molecular weight is 346 g/mol. The lowest BCUT2D eigenvalue weighted by molar-refractivity contribution is 0.0626. The van der Waals surface area contributed by atoms with E-state index in [1.165, 1.54) is 11.1 Å². The zero-order valence-corrected chi connectivity index (χ0v) is 14.7. The highest BCUT2D eigenvalue weighted by molar-refractivity contribution is 5.98. The summed E-state index contributed by atoms with van der Waals surface area (Å²) in [6.07, 6.45) is 4.61. The first-order valence-electron chi connectivity index (χ1n) is 9.31. The van der Waals surface area contributed by atoms with Gasteiger partial charge in [-0.2, -0.15) is 0 Å². The molecule has 0 aliphatic carbocycles. The van der Waals surface area contributed by atoms with E-state index in [-0.39, 0.29) is 11.4 Å². The second-order valence-electron chi connectivity index (χ2n) is 7.34. The van der Waals surface area contributed by atoms with Crippen molar-refractivity contribution in [3.8, 4) is 0 Å². The molecule has 1 spiro atoms. The molecule has 3 aromatic rings. The second kappa shape index (κ2) is 5.95. The van der Waals surface area contributed by atoms with Crippen molar-refractivity contribution in [2.45, 2.75) is 24.8 Å². The number of imidazole rings is 1. The summed E-state index contributed by atoms with van der Waals surface area (Å²) in [5, 5.41) is 5.96. The standard InChI is InChI=1S/C21H22N4O/c26-20(17-6-5-15-3-1-2-4-16(15)13-17)25-11-8-21(9-12-25)19-18(7-10-24-21)22-14-23-19/h1-6,13-14,24H,7-12H2,(H,22,23). The van der Waals surface area contributed by atoms with Crippen molar-refractivity contribution in [3.05, 3.63) is 65.7 Å². The molecule has 2 aliphatic rings. The number of aromatic amines is 1. The van der Waals surface area contributed by atoms with E-state index >= 15 is 0 Å². The maximum atomic E-state index is 13.0. The normalized spacial score (nSPS) is 18.8. The Hall–Kier alpha value is -2.66. The highest BCUT2D eigenvalue weighted by Crippen LogP contribution is 2.36. The summed E-state index contributed by atoms with van der Waals surface area (Å²) in [6.45, 7) is 2.48. The first-order chi connectivity index (χ1) is 12.8. The van der Waals surface area contributed by atoms with Crippen LogP contribution in [0, 0.1) is 0 Å². The maximum absolute atomic E-state index is 13.0. The number of piperidine rings is 1. The quantitative estimate of drug-likeness (QED) is 0.712. The molecule has 0 atom stereocenters. The molecule has 1 saturated heterocycles. The fourth-order valence-electron chi connectivity index (χ4n) is 4.44. The van der Waals surface area contributed by atoms with E-state index in [1.807, 2.05) is 35.2 Å². The van der Waals surface area contributed by atoms with Crippen LogP contribution in [0.1, 0.15) is 34.6 Å². The number of aromatic nitrogens is 2. The number of hydrogen-bond acceptors (Lipinski definition) is 3. The highest BCUT2D eigenvalue weighted by atomic mass is 16.2. The SMILES string of the molecule is O=C(c1ccc2ccccc2c1)N1CCC2(CC1)NCCc1[nH]cnc12. The third-order valence-electron chi connectivity index (χ3n) is 5.91. The lowest BCUT2D eigenvalue weighted by Gasteiger charge is -2.44. The van der Waals surface area contributed by atoms with E-state index in [4.69, 9.17) is 0 Å². The number of nitrogens with one attached hydrogen (secondary N) is 2. The number of likely N-dealkylation sites (tertiary alicyclic amines) is 1. The minimum atomic E-state index is -0.0756. The van der Waals surface area contributed by atoms with Gasteiger partial charge in [0, 0.05) is 37.3 Å². The minimum Gasteiger partial charge on any atom is -0.348 e. The Morgan fingerprint density at radius 2 is 1.88 bits per heavy atom. The van der Waals surface area contributed by atoms with Gasteiger partial charge >= 0.3 is 0 Å². The summed E-state index contributed by atoms with van der Waals surface area (Å²) in [5.41, 5.74) is 3.10. The number of H-pyrrole nitrogens is 1. The van der Waals surface area contributed by atoms with Gasteiger partial charge in [-0.05, 0) is 35.7 Å². The van der Waals surface area contributed by atoms with E-state index in [2.05, 4.69) is 27.4 Å². The number of benzene rings is 2. The Morgan fingerprint density at radius 3 is 2.73 bits per heavy atom. The third-order valence-corrected chi connectivity index (χ3v) is 5.91. The van der Waals surface area contributed by atoms with Gasteiger partial charge in [0.05, 0.1) is 17.6 Å². The molecule has 2 aliphatic heterocycles. The van der Waals surface area contributed by atoms with Crippen molar-refractivity contribution in [2.75, 3.05) is 19.6 Å². The minimum absolute atomic E-state index is 0.0756. The van der Waals surface area contributed by atoms with Crippen LogP contribution in [0.25, 0.3) is 10.8 Å². The third kappa shape index (κ3) is 2.42. The van der Waals surface area contributed by atoms with Gasteiger partial charge in [0.15, 0.2) is 0 Å². The van der Waals surface area contributed by atoms with E-state index in [0.717, 1.165) is 55.5 Å². The molecule has 0 unspecified atom stereocenters. The van der Waals surface area contributed by atoms with Gasteiger partial charge < -0.3 is 15.2 Å². The Balaban J connectivity index is 1.36. The fraction of sp³-hybridized carbons (Fsp3) is 0.333. The van der Waals surface area contributed by atoms with Crippen molar-refractivity contribution >= 4 is 16.7 Å². The molecule has 1 aromatic heterocycles. The van der Waals surface area contributed by atoms with Crippen LogP contribution in [0.15, 0.2) is 48.8 Å². The van der Waals surface area contributed by atoms with Crippen molar-refractivity contribution in [1.29, 1.82) is 0 Å². The van der Waals surface area contributed by atoms with Gasteiger partial charge in [-0.1, -0.05) is 30.3 Å². The molecular weight excluding hydrogens is 324 g/mol. The number of amides is 1. The summed E-state index contributed by atoms with van der Waals surface area (Å²) in [4.78, 5) is 22.8. The molecular formula is C21H22N4O. The molecule has 1 fully saturated rings. The molecule has 2 aromatic carbocycles. The van der Waals surface area contributed by atoms with Gasteiger partial charge in [-0.25, -0.2) is 4.98 Å². The number of rotatable bonds is 1. The first kappa shape index (κ1) is 15.6. The van der Waals surface area contributed by atoms with Crippen LogP contribution in [-0.2, 0) is 12.0 Å². The number of nitrogens with zero attached hydrogens (tertiary/aromatic N) is 2. The molecule has 26 heavy (non-hydrogen) atoms. The van der Waals surface area contributed by atoms with Crippen LogP contribution in [-0.4, -0.2) is 40.4 Å². The maximum Gasteiger partial charge on any atom is 0.253 e. The summed E-state index contributed by atoms with van der Waals surface area (Å²) in [6, 6.07) is 14.2. The molecule has 0 saturated carbocycles. The Labute approximate surface area is 152 Å². The molecule has 0 radical (unpaired) electrons. The van der Waals surface area contributed by atoms with Crippen molar-refractivity contribution in [3.63, 3.8) is 0 Å². The number of fused-ring (bicyclic) bond motifs is 3. The molecule has 0 bridgehead atoms. The topological polar surface area (TPSA) is 61.0 Å². The monoisotopic (exact) mass is 346 g/mol. The van der Waals surface area contributed by atoms with E-state index in [9.17, 15) is 4.79 Å². The van der Waals surface area contributed by atoms with Crippen LogP contribution in [0.2, 0.25) is 0 Å².